The van der Waals surface area contributed by atoms with Gasteiger partial charge in [0.1, 0.15) is 5.69 Å². The molecular formula is C16H18N6O. The standard InChI is InChI=1S/C16H18N6O/c23-15(12-6-2-1-3-7-12)19-16-18-14-13(21-11-5-9-17-21)8-4-10-22(14)20-16/h4-5,8-12H,1-3,6-7H2,(H,19,20,23). The Balaban J connectivity index is 1.61. The predicted molar refractivity (Wildman–Crippen MR) is 85.3 cm³/mol. The van der Waals surface area contributed by atoms with Crippen molar-refractivity contribution < 1.29 is 4.79 Å². The van der Waals surface area contributed by atoms with Crippen molar-refractivity contribution in [3.8, 4) is 5.69 Å². The number of carbonyl (C=O) groups is 1. The van der Waals surface area contributed by atoms with Crippen LogP contribution in [0.15, 0.2) is 36.8 Å². The summed E-state index contributed by atoms with van der Waals surface area (Å²) in [5.74, 6) is 0.461. The molecule has 23 heavy (non-hydrogen) atoms. The lowest BCUT2D eigenvalue weighted by molar-refractivity contribution is -0.120. The molecule has 1 saturated carbocycles. The number of pyridine rings is 1. The maximum atomic E-state index is 12.3. The fraction of sp³-hybridized carbons (Fsp3) is 0.375. The Bertz CT molecular complexity index is 816. The minimum Gasteiger partial charge on any atom is -0.293 e. The number of nitrogens with zero attached hydrogens (tertiary/aromatic N) is 5. The van der Waals surface area contributed by atoms with Gasteiger partial charge >= 0.3 is 0 Å². The van der Waals surface area contributed by atoms with E-state index in [0.29, 0.717) is 11.6 Å². The second-order valence-electron chi connectivity index (χ2n) is 5.87. The fourth-order valence-electron chi connectivity index (χ4n) is 3.11. The minimum atomic E-state index is 0.0289. The number of carbonyl (C=O) groups excluding carboxylic acids is 1. The van der Waals surface area contributed by atoms with E-state index >= 15 is 0 Å². The van der Waals surface area contributed by atoms with Gasteiger partial charge in [0.15, 0.2) is 5.65 Å². The zero-order chi connectivity index (χ0) is 15.6. The third kappa shape index (κ3) is 2.69. The van der Waals surface area contributed by atoms with Crippen molar-refractivity contribution in [2.75, 3.05) is 5.32 Å². The quantitative estimate of drug-likeness (QED) is 0.806. The van der Waals surface area contributed by atoms with Crippen LogP contribution in [0.1, 0.15) is 32.1 Å². The van der Waals surface area contributed by atoms with E-state index in [-0.39, 0.29) is 11.8 Å². The lowest BCUT2D eigenvalue weighted by Gasteiger charge is -2.19. The topological polar surface area (TPSA) is 77.1 Å². The van der Waals surface area contributed by atoms with Gasteiger partial charge in [-0.25, -0.2) is 9.20 Å². The van der Waals surface area contributed by atoms with E-state index in [2.05, 4.69) is 20.5 Å². The molecule has 1 aliphatic carbocycles. The van der Waals surface area contributed by atoms with Crippen LogP contribution in [-0.2, 0) is 4.79 Å². The molecule has 3 heterocycles. The number of rotatable bonds is 3. The summed E-state index contributed by atoms with van der Waals surface area (Å²) in [4.78, 5) is 16.8. The van der Waals surface area contributed by atoms with Crippen LogP contribution in [0.25, 0.3) is 11.3 Å². The van der Waals surface area contributed by atoms with Crippen LogP contribution in [-0.4, -0.2) is 30.3 Å². The van der Waals surface area contributed by atoms with Gasteiger partial charge in [-0.1, -0.05) is 19.3 Å². The molecule has 4 rings (SSSR count). The molecule has 0 bridgehead atoms. The summed E-state index contributed by atoms with van der Waals surface area (Å²) in [6, 6.07) is 5.65. The first-order chi connectivity index (χ1) is 11.3. The molecule has 0 spiro atoms. The van der Waals surface area contributed by atoms with E-state index in [4.69, 9.17) is 0 Å². The van der Waals surface area contributed by atoms with Crippen molar-refractivity contribution in [2.24, 2.45) is 5.92 Å². The molecule has 0 saturated heterocycles. The molecule has 3 aromatic heterocycles. The van der Waals surface area contributed by atoms with E-state index < -0.39 is 0 Å². The molecule has 7 heteroatoms. The summed E-state index contributed by atoms with van der Waals surface area (Å²) in [6.07, 6.45) is 10.8. The van der Waals surface area contributed by atoms with E-state index in [9.17, 15) is 4.79 Å². The molecule has 0 aliphatic heterocycles. The summed E-state index contributed by atoms with van der Waals surface area (Å²) in [6.45, 7) is 0. The van der Waals surface area contributed by atoms with Crippen molar-refractivity contribution in [2.45, 2.75) is 32.1 Å². The predicted octanol–water partition coefficient (Wildman–Crippen LogP) is 2.43. The number of fused-ring (bicyclic) bond motifs is 1. The van der Waals surface area contributed by atoms with Crippen LogP contribution < -0.4 is 5.32 Å². The van der Waals surface area contributed by atoms with Crippen molar-refractivity contribution in [3.05, 3.63) is 36.8 Å². The summed E-state index contributed by atoms with van der Waals surface area (Å²) < 4.78 is 3.39. The van der Waals surface area contributed by atoms with Crippen molar-refractivity contribution in [1.82, 2.24) is 24.4 Å². The van der Waals surface area contributed by atoms with Crippen molar-refractivity contribution in [1.29, 1.82) is 0 Å². The first-order valence-electron chi connectivity index (χ1n) is 7.97. The normalized spacial score (nSPS) is 15.8. The number of aromatic nitrogens is 5. The molecule has 0 atom stereocenters. The Kier molecular flexibility index (Phi) is 3.53. The molecule has 1 fully saturated rings. The molecule has 118 valence electrons. The highest BCUT2D eigenvalue weighted by molar-refractivity contribution is 5.91. The average Bonchev–Trinajstić information content (AvgIpc) is 3.24. The Morgan fingerprint density at radius 2 is 2.04 bits per heavy atom. The van der Waals surface area contributed by atoms with Gasteiger partial charge in [-0.05, 0) is 31.0 Å². The van der Waals surface area contributed by atoms with Crippen LogP contribution >= 0.6 is 0 Å². The van der Waals surface area contributed by atoms with Gasteiger partial charge in [-0.2, -0.15) is 10.1 Å². The first-order valence-corrected chi connectivity index (χ1v) is 7.97. The number of hydrogen-bond donors (Lipinski definition) is 1. The zero-order valence-corrected chi connectivity index (χ0v) is 12.7. The van der Waals surface area contributed by atoms with Gasteiger partial charge in [-0.15, -0.1) is 5.10 Å². The largest absolute Gasteiger partial charge is 0.293 e. The third-order valence-electron chi connectivity index (χ3n) is 4.30. The zero-order valence-electron chi connectivity index (χ0n) is 12.7. The maximum Gasteiger partial charge on any atom is 0.249 e. The molecule has 3 aromatic rings. The second-order valence-corrected chi connectivity index (χ2v) is 5.87. The lowest BCUT2D eigenvalue weighted by atomic mass is 9.89. The highest BCUT2D eigenvalue weighted by atomic mass is 16.2. The molecule has 1 amide bonds. The number of amides is 1. The van der Waals surface area contributed by atoms with Crippen LogP contribution in [0.3, 0.4) is 0 Å². The van der Waals surface area contributed by atoms with Crippen molar-refractivity contribution in [3.63, 3.8) is 0 Å². The van der Waals surface area contributed by atoms with Crippen LogP contribution in [0.4, 0.5) is 5.95 Å². The minimum absolute atomic E-state index is 0.0289. The highest BCUT2D eigenvalue weighted by Crippen LogP contribution is 2.24. The molecule has 1 aliphatic rings. The number of hydrogen-bond acceptors (Lipinski definition) is 4. The fourth-order valence-corrected chi connectivity index (χ4v) is 3.11. The molecule has 0 radical (unpaired) electrons. The van der Waals surface area contributed by atoms with E-state index in [1.165, 1.54) is 6.42 Å². The van der Waals surface area contributed by atoms with Crippen molar-refractivity contribution >= 4 is 17.5 Å². The maximum absolute atomic E-state index is 12.3. The Morgan fingerprint density at radius 1 is 1.17 bits per heavy atom. The summed E-state index contributed by atoms with van der Waals surface area (Å²) in [5.41, 5.74) is 1.48. The first kappa shape index (κ1) is 13.9. The van der Waals surface area contributed by atoms with Crippen LogP contribution in [0.5, 0.6) is 0 Å². The van der Waals surface area contributed by atoms with Gasteiger partial charge in [0.05, 0.1) is 0 Å². The summed E-state index contributed by atoms with van der Waals surface area (Å²) in [5, 5.41) is 11.4. The monoisotopic (exact) mass is 310 g/mol. The summed E-state index contributed by atoms with van der Waals surface area (Å²) >= 11 is 0. The third-order valence-corrected chi connectivity index (χ3v) is 4.30. The molecule has 1 N–H and O–H groups in total. The van der Waals surface area contributed by atoms with Gasteiger partial charge in [0.25, 0.3) is 0 Å². The van der Waals surface area contributed by atoms with Crippen LogP contribution in [0.2, 0.25) is 0 Å². The summed E-state index contributed by atoms with van der Waals surface area (Å²) in [7, 11) is 0. The number of nitrogens with one attached hydrogen (secondary N) is 1. The second kappa shape index (κ2) is 5.83. The molecular weight excluding hydrogens is 292 g/mol. The van der Waals surface area contributed by atoms with Crippen LogP contribution in [0, 0.1) is 5.92 Å². The number of anilines is 1. The highest BCUT2D eigenvalue weighted by Gasteiger charge is 2.22. The lowest BCUT2D eigenvalue weighted by Crippen LogP contribution is -2.25. The van der Waals surface area contributed by atoms with E-state index in [0.717, 1.165) is 31.4 Å². The van der Waals surface area contributed by atoms with E-state index in [1.54, 1.807) is 15.4 Å². The molecule has 7 nitrogen and oxygen atoms in total. The van der Waals surface area contributed by atoms with Gasteiger partial charge in [-0.3, -0.25) is 10.1 Å². The Hall–Kier alpha value is -2.70. The van der Waals surface area contributed by atoms with E-state index in [1.807, 2.05) is 30.6 Å². The Labute approximate surface area is 133 Å². The average molecular weight is 310 g/mol. The Morgan fingerprint density at radius 3 is 2.83 bits per heavy atom. The smallest absolute Gasteiger partial charge is 0.249 e. The van der Waals surface area contributed by atoms with Gasteiger partial charge in [0.2, 0.25) is 11.9 Å². The van der Waals surface area contributed by atoms with Gasteiger partial charge in [0, 0.05) is 24.5 Å². The molecule has 0 aromatic carbocycles. The molecule has 0 unspecified atom stereocenters. The van der Waals surface area contributed by atoms with Gasteiger partial charge < -0.3 is 0 Å². The SMILES string of the molecule is O=C(Nc1nc2c(-n3cccn3)cccn2n1)C1CCCCC1.